The Hall–Kier alpha value is -0.340. The highest BCUT2D eigenvalue weighted by atomic mass is 16.3. The third-order valence-corrected chi connectivity index (χ3v) is 3.55. The number of allylic oxidation sites excluding steroid dienone is 1. The van der Waals surface area contributed by atoms with E-state index in [2.05, 4.69) is 18.0 Å². The molecule has 14 heavy (non-hydrogen) atoms. The van der Waals surface area contributed by atoms with E-state index in [1.165, 1.54) is 24.8 Å². The summed E-state index contributed by atoms with van der Waals surface area (Å²) in [7, 11) is 2.10. The van der Waals surface area contributed by atoms with E-state index in [0.717, 1.165) is 32.4 Å². The molecule has 1 unspecified atom stereocenters. The number of hydrogen-bond acceptors (Lipinski definition) is 2. The minimum Gasteiger partial charge on any atom is -0.384 e. The Balaban J connectivity index is 2.09. The van der Waals surface area contributed by atoms with Crippen molar-refractivity contribution >= 4 is 0 Å². The predicted octanol–water partition coefficient (Wildman–Crippen LogP) is 1.94. The smallest absolute Gasteiger partial charge is 0.0983 e. The number of nitrogens with zero attached hydrogens (tertiary/aromatic N) is 1. The minimum atomic E-state index is -0.493. The fourth-order valence-electron chi connectivity index (χ4n) is 2.77. The zero-order valence-electron chi connectivity index (χ0n) is 9.13. The molecule has 2 heteroatoms. The Kier molecular flexibility index (Phi) is 2.93. The number of hydrogen-bond donors (Lipinski definition) is 1. The van der Waals surface area contributed by atoms with Gasteiger partial charge in [-0.05, 0) is 57.7 Å². The van der Waals surface area contributed by atoms with Crippen LogP contribution in [0.1, 0.15) is 38.5 Å². The number of β-amino-alcohol motifs (C(OH)–C–C–N with tert-alkyl or cyclic N) is 1. The zero-order chi connectivity index (χ0) is 10.0. The Morgan fingerprint density at radius 1 is 1.36 bits per heavy atom. The van der Waals surface area contributed by atoms with Crippen LogP contribution < -0.4 is 0 Å². The van der Waals surface area contributed by atoms with Crippen LogP contribution in [0.4, 0.5) is 0 Å². The maximum Gasteiger partial charge on any atom is 0.0983 e. The number of likely N-dealkylation sites (tertiary alicyclic amines) is 1. The summed E-state index contributed by atoms with van der Waals surface area (Å²) in [6.45, 7) is 1.97. The van der Waals surface area contributed by atoms with Gasteiger partial charge in [-0.3, -0.25) is 0 Å². The fraction of sp³-hybridized carbons (Fsp3) is 0.833. The molecular formula is C12H21NO. The van der Waals surface area contributed by atoms with Crippen molar-refractivity contribution in [3.63, 3.8) is 0 Å². The predicted molar refractivity (Wildman–Crippen MR) is 58.2 cm³/mol. The summed E-state index contributed by atoms with van der Waals surface area (Å²) in [6.07, 6.45) is 9.22. The van der Waals surface area contributed by atoms with Crippen LogP contribution >= 0.6 is 0 Å². The largest absolute Gasteiger partial charge is 0.384 e. The molecule has 1 N–H and O–H groups in total. The van der Waals surface area contributed by atoms with Crippen LogP contribution in [0.15, 0.2) is 11.6 Å². The average Bonchev–Trinajstić information content (AvgIpc) is 2.19. The Bertz CT molecular complexity index is 236. The molecule has 1 aliphatic carbocycles. The lowest BCUT2D eigenvalue weighted by atomic mass is 9.80. The normalized spacial score (nSPS) is 35.4. The molecule has 80 valence electrons. The van der Waals surface area contributed by atoms with Crippen molar-refractivity contribution < 1.29 is 5.11 Å². The SMILES string of the molecule is CN1CCCC(O)(C2=CCCCC2)C1. The molecule has 1 fully saturated rings. The maximum atomic E-state index is 10.6. The third kappa shape index (κ3) is 2.01. The van der Waals surface area contributed by atoms with Crippen molar-refractivity contribution in [2.24, 2.45) is 0 Å². The number of likely N-dealkylation sites (N-methyl/N-ethyl adjacent to an activating group) is 1. The molecule has 2 nitrogen and oxygen atoms in total. The summed E-state index contributed by atoms with van der Waals surface area (Å²) in [5, 5.41) is 10.6. The van der Waals surface area contributed by atoms with Crippen LogP contribution in [0.25, 0.3) is 0 Å². The lowest BCUT2D eigenvalue weighted by Crippen LogP contribution is -2.48. The van der Waals surface area contributed by atoms with Crippen LogP contribution in [-0.2, 0) is 0 Å². The van der Waals surface area contributed by atoms with Gasteiger partial charge < -0.3 is 10.0 Å². The topological polar surface area (TPSA) is 23.5 Å². The van der Waals surface area contributed by atoms with Crippen molar-refractivity contribution in [3.8, 4) is 0 Å². The first-order chi connectivity index (χ1) is 6.71. The quantitative estimate of drug-likeness (QED) is 0.646. The molecule has 0 spiro atoms. The molecule has 1 aliphatic heterocycles. The van der Waals surface area contributed by atoms with Gasteiger partial charge in [0.2, 0.25) is 0 Å². The lowest BCUT2D eigenvalue weighted by Gasteiger charge is -2.40. The van der Waals surface area contributed by atoms with Crippen molar-refractivity contribution in [3.05, 3.63) is 11.6 Å². The first-order valence-corrected chi connectivity index (χ1v) is 5.81. The Morgan fingerprint density at radius 3 is 2.86 bits per heavy atom. The van der Waals surface area contributed by atoms with E-state index in [0.29, 0.717) is 0 Å². The average molecular weight is 195 g/mol. The molecule has 1 heterocycles. The maximum absolute atomic E-state index is 10.6. The third-order valence-electron chi connectivity index (χ3n) is 3.55. The van der Waals surface area contributed by atoms with Crippen molar-refractivity contribution in [1.29, 1.82) is 0 Å². The lowest BCUT2D eigenvalue weighted by molar-refractivity contribution is 0.00435. The molecule has 2 aliphatic rings. The summed E-state index contributed by atoms with van der Waals surface area (Å²) >= 11 is 0. The van der Waals surface area contributed by atoms with E-state index >= 15 is 0 Å². The molecule has 1 atom stereocenters. The van der Waals surface area contributed by atoms with Crippen LogP contribution in [0.3, 0.4) is 0 Å². The summed E-state index contributed by atoms with van der Waals surface area (Å²) in [5.41, 5.74) is 0.822. The van der Waals surface area contributed by atoms with E-state index in [1.54, 1.807) is 0 Å². The highest BCUT2D eigenvalue weighted by Crippen LogP contribution is 2.33. The van der Waals surface area contributed by atoms with Crippen LogP contribution in [0, 0.1) is 0 Å². The monoisotopic (exact) mass is 195 g/mol. The summed E-state index contributed by atoms with van der Waals surface area (Å²) in [5.74, 6) is 0. The molecule has 1 saturated heterocycles. The van der Waals surface area contributed by atoms with Gasteiger partial charge in [-0.1, -0.05) is 6.08 Å². The molecule has 0 aromatic carbocycles. The van der Waals surface area contributed by atoms with E-state index in [4.69, 9.17) is 0 Å². The minimum absolute atomic E-state index is 0.493. The van der Waals surface area contributed by atoms with Crippen molar-refractivity contribution in [2.45, 2.75) is 44.1 Å². The van der Waals surface area contributed by atoms with Gasteiger partial charge in [0.25, 0.3) is 0 Å². The van der Waals surface area contributed by atoms with Crippen LogP contribution in [0.5, 0.6) is 0 Å². The molecule has 0 aromatic heterocycles. The highest BCUT2D eigenvalue weighted by Gasteiger charge is 2.35. The fourth-order valence-corrected chi connectivity index (χ4v) is 2.77. The number of rotatable bonds is 1. The van der Waals surface area contributed by atoms with E-state index in [1.807, 2.05) is 0 Å². The van der Waals surface area contributed by atoms with Gasteiger partial charge in [0.05, 0.1) is 5.60 Å². The standard InChI is InChI=1S/C12H21NO/c1-13-9-5-8-12(14,10-13)11-6-3-2-4-7-11/h6,14H,2-5,7-10H2,1H3. The summed E-state index contributed by atoms with van der Waals surface area (Å²) in [6, 6.07) is 0. The Labute approximate surface area is 86.6 Å². The summed E-state index contributed by atoms with van der Waals surface area (Å²) in [4.78, 5) is 2.25. The van der Waals surface area contributed by atoms with Crippen LogP contribution in [-0.4, -0.2) is 35.7 Å². The molecule has 2 rings (SSSR count). The molecule has 0 radical (unpaired) electrons. The molecule has 0 amide bonds. The van der Waals surface area contributed by atoms with E-state index < -0.39 is 5.60 Å². The van der Waals surface area contributed by atoms with Gasteiger partial charge in [0, 0.05) is 6.54 Å². The van der Waals surface area contributed by atoms with Gasteiger partial charge in [0.1, 0.15) is 0 Å². The summed E-state index contributed by atoms with van der Waals surface area (Å²) < 4.78 is 0. The highest BCUT2D eigenvalue weighted by molar-refractivity contribution is 5.20. The van der Waals surface area contributed by atoms with Crippen molar-refractivity contribution in [1.82, 2.24) is 4.90 Å². The second kappa shape index (κ2) is 4.03. The van der Waals surface area contributed by atoms with E-state index in [9.17, 15) is 5.11 Å². The zero-order valence-corrected chi connectivity index (χ0v) is 9.13. The van der Waals surface area contributed by atoms with Gasteiger partial charge >= 0.3 is 0 Å². The molecule has 0 aromatic rings. The van der Waals surface area contributed by atoms with Gasteiger partial charge in [-0.15, -0.1) is 0 Å². The first-order valence-electron chi connectivity index (χ1n) is 5.81. The van der Waals surface area contributed by atoms with Crippen molar-refractivity contribution in [2.75, 3.05) is 20.1 Å². The van der Waals surface area contributed by atoms with E-state index in [-0.39, 0.29) is 0 Å². The Morgan fingerprint density at radius 2 is 2.21 bits per heavy atom. The second-order valence-electron chi connectivity index (χ2n) is 4.85. The second-order valence-corrected chi connectivity index (χ2v) is 4.85. The number of aliphatic hydroxyl groups is 1. The van der Waals surface area contributed by atoms with Crippen LogP contribution in [0.2, 0.25) is 0 Å². The molecule has 0 bridgehead atoms. The first kappa shape index (κ1) is 10.2. The molecular weight excluding hydrogens is 174 g/mol. The van der Waals surface area contributed by atoms with Gasteiger partial charge in [0.15, 0.2) is 0 Å². The molecule has 0 saturated carbocycles. The van der Waals surface area contributed by atoms with Gasteiger partial charge in [-0.25, -0.2) is 0 Å². The number of piperidine rings is 1. The van der Waals surface area contributed by atoms with Gasteiger partial charge in [-0.2, -0.15) is 0 Å².